The zero-order valence-electron chi connectivity index (χ0n) is 12.5. The molecule has 0 radical (unpaired) electrons. The summed E-state index contributed by atoms with van der Waals surface area (Å²) in [4.78, 5) is 24.8. The fourth-order valence-electron chi connectivity index (χ4n) is 3.80. The molecule has 0 N–H and O–H groups in total. The molecular weight excluding hydrogens is 280 g/mol. The number of terminal acetylenes is 1. The van der Waals surface area contributed by atoms with Crippen LogP contribution < -0.4 is 4.74 Å². The smallest absolute Gasteiger partial charge is 0.147 e. The first-order chi connectivity index (χ1) is 10.7. The minimum Gasteiger partial charge on any atom is -0.497 e. The van der Waals surface area contributed by atoms with Gasteiger partial charge in [-0.3, -0.25) is 9.59 Å². The lowest BCUT2D eigenvalue weighted by atomic mass is 9.95. The molecule has 0 saturated heterocycles. The molecule has 0 heterocycles. The number of rotatable bonds is 5. The average molecular weight is 298 g/mol. The van der Waals surface area contributed by atoms with E-state index in [1.807, 2.05) is 24.3 Å². The third-order valence-electron chi connectivity index (χ3n) is 4.83. The number of ketones is 2. The highest BCUT2D eigenvalue weighted by Gasteiger charge is 2.74. The van der Waals surface area contributed by atoms with Crippen molar-refractivity contribution in [2.24, 2.45) is 11.3 Å². The van der Waals surface area contributed by atoms with Crippen molar-refractivity contribution in [2.45, 2.75) is 18.8 Å². The summed E-state index contributed by atoms with van der Waals surface area (Å²) in [6.45, 7) is 0.544. The first kappa shape index (κ1) is 14.8. The van der Waals surface area contributed by atoms with E-state index in [4.69, 9.17) is 15.9 Å². The van der Waals surface area contributed by atoms with E-state index in [1.165, 1.54) is 0 Å². The monoisotopic (exact) mass is 298 g/mol. The maximum atomic E-state index is 12.4. The minimum atomic E-state index is -0.872. The van der Waals surface area contributed by atoms with Gasteiger partial charge in [-0.05, 0) is 17.7 Å². The quantitative estimate of drug-likeness (QED) is 0.474. The highest BCUT2D eigenvalue weighted by atomic mass is 16.5. The van der Waals surface area contributed by atoms with Gasteiger partial charge >= 0.3 is 0 Å². The second-order valence-corrected chi connectivity index (χ2v) is 5.79. The summed E-state index contributed by atoms with van der Waals surface area (Å²) in [5.74, 6) is 3.06. The van der Waals surface area contributed by atoms with Gasteiger partial charge < -0.3 is 9.47 Å². The van der Waals surface area contributed by atoms with Crippen LogP contribution in [0, 0.1) is 23.7 Å². The molecule has 2 saturated carbocycles. The lowest BCUT2D eigenvalue weighted by Gasteiger charge is -2.07. The van der Waals surface area contributed by atoms with Crippen LogP contribution in [0.15, 0.2) is 24.3 Å². The summed E-state index contributed by atoms with van der Waals surface area (Å²) in [5.41, 5.74) is 0.113. The minimum absolute atomic E-state index is 0.0487. The van der Waals surface area contributed by atoms with E-state index in [9.17, 15) is 9.59 Å². The number of hydrogen-bond acceptors (Lipinski definition) is 4. The van der Waals surface area contributed by atoms with Crippen LogP contribution in [-0.4, -0.2) is 31.9 Å². The Morgan fingerprint density at radius 1 is 1.23 bits per heavy atom. The van der Waals surface area contributed by atoms with E-state index in [0.29, 0.717) is 19.4 Å². The maximum absolute atomic E-state index is 12.4. The Morgan fingerprint density at radius 2 is 1.86 bits per heavy atom. The van der Waals surface area contributed by atoms with Gasteiger partial charge in [-0.15, -0.1) is 6.42 Å². The lowest BCUT2D eigenvalue weighted by molar-refractivity contribution is -0.130. The van der Waals surface area contributed by atoms with E-state index < -0.39 is 5.41 Å². The number of hydrogen-bond donors (Lipinski definition) is 0. The normalized spacial score (nSPS) is 25.3. The van der Waals surface area contributed by atoms with Crippen molar-refractivity contribution < 1.29 is 19.1 Å². The van der Waals surface area contributed by atoms with Crippen molar-refractivity contribution >= 4 is 11.6 Å². The Balaban J connectivity index is 1.88. The SMILES string of the molecule is C#CCOC[C@H]1[C@H](c2ccc(OC)cc2)C12C(=O)CCC2=O. The molecule has 2 aliphatic carbocycles. The van der Waals surface area contributed by atoms with Crippen molar-refractivity contribution in [3.05, 3.63) is 29.8 Å². The van der Waals surface area contributed by atoms with Gasteiger partial charge in [-0.25, -0.2) is 0 Å². The van der Waals surface area contributed by atoms with Crippen molar-refractivity contribution in [3.63, 3.8) is 0 Å². The van der Waals surface area contributed by atoms with E-state index in [2.05, 4.69) is 5.92 Å². The molecule has 2 atom stereocenters. The molecule has 1 aromatic carbocycles. The third-order valence-corrected chi connectivity index (χ3v) is 4.83. The van der Waals surface area contributed by atoms with Crippen molar-refractivity contribution in [1.82, 2.24) is 0 Å². The molecule has 3 rings (SSSR count). The summed E-state index contributed by atoms with van der Waals surface area (Å²) in [6, 6.07) is 7.55. The summed E-state index contributed by atoms with van der Waals surface area (Å²) < 4.78 is 10.6. The number of ether oxygens (including phenoxy) is 2. The standard InChI is InChI=1S/C18H18O4/c1-3-10-22-11-14-17(12-4-6-13(21-2)7-5-12)18(14)15(19)8-9-16(18)20/h1,4-7,14,17H,8-11H2,2H3/t14-,17-/m0/s1. The van der Waals surface area contributed by atoms with Gasteiger partial charge in [-0.1, -0.05) is 18.1 Å². The Bertz CT molecular complexity index is 622. The Kier molecular flexibility index (Phi) is 3.76. The number of carbonyl (C=O) groups is 2. The average Bonchev–Trinajstić information content (AvgIpc) is 3.13. The van der Waals surface area contributed by atoms with Crippen molar-refractivity contribution in [3.8, 4) is 18.1 Å². The maximum Gasteiger partial charge on any atom is 0.147 e. The van der Waals surface area contributed by atoms with Crippen molar-refractivity contribution in [2.75, 3.05) is 20.3 Å². The van der Waals surface area contributed by atoms with Gasteiger partial charge in [0, 0.05) is 24.7 Å². The molecule has 2 fully saturated rings. The van der Waals surface area contributed by atoms with Crippen LogP contribution in [0.2, 0.25) is 0 Å². The van der Waals surface area contributed by atoms with Crippen LogP contribution in [0.25, 0.3) is 0 Å². The highest BCUT2D eigenvalue weighted by Crippen LogP contribution is 2.69. The largest absolute Gasteiger partial charge is 0.497 e. The molecule has 22 heavy (non-hydrogen) atoms. The van der Waals surface area contributed by atoms with Crippen LogP contribution in [-0.2, 0) is 14.3 Å². The van der Waals surface area contributed by atoms with Crippen LogP contribution >= 0.6 is 0 Å². The highest BCUT2D eigenvalue weighted by molar-refractivity contribution is 6.17. The number of Topliss-reactive ketones (excluding diaryl/α,β-unsaturated/α-hetero) is 2. The summed E-state index contributed by atoms with van der Waals surface area (Å²) in [5, 5.41) is 0. The lowest BCUT2D eigenvalue weighted by Crippen LogP contribution is -2.21. The van der Waals surface area contributed by atoms with Gasteiger partial charge in [0.15, 0.2) is 0 Å². The number of methoxy groups -OCH3 is 1. The molecule has 4 heteroatoms. The molecule has 1 aromatic rings. The summed E-state index contributed by atoms with van der Waals surface area (Å²) in [7, 11) is 1.61. The van der Waals surface area contributed by atoms with Crippen LogP contribution in [0.4, 0.5) is 0 Å². The molecule has 4 nitrogen and oxygen atoms in total. The second-order valence-electron chi connectivity index (χ2n) is 5.79. The first-order valence-corrected chi connectivity index (χ1v) is 7.38. The van der Waals surface area contributed by atoms with E-state index in [0.717, 1.165) is 11.3 Å². The summed E-state index contributed by atoms with van der Waals surface area (Å²) in [6.07, 6.45) is 5.88. The number of carbonyl (C=O) groups excluding carboxylic acids is 2. The summed E-state index contributed by atoms with van der Waals surface area (Å²) >= 11 is 0. The first-order valence-electron chi connectivity index (χ1n) is 7.38. The van der Waals surface area contributed by atoms with Gasteiger partial charge in [-0.2, -0.15) is 0 Å². The molecule has 2 aliphatic rings. The zero-order chi connectivity index (χ0) is 15.7. The second kappa shape index (κ2) is 5.58. The molecule has 1 spiro atoms. The molecule has 0 unspecified atom stereocenters. The molecule has 0 bridgehead atoms. The Morgan fingerprint density at radius 3 is 2.41 bits per heavy atom. The third kappa shape index (κ3) is 2.05. The topological polar surface area (TPSA) is 52.6 Å². The Labute approximate surface area is 129 Å². The van der Waals surface area contributed by atoms with Crippen LogP contribution in [0.3, 0.4) is 0 Å². The molecular formula is C18H18O4. The van der Waals surface area contributed by atoms with Crippen LogP contribution in [0.5, 0.6) is 5.75 Å². The van der Waals surface area contributed by atoms with E-state index in [-0.39, 0.29) is 30.0 Å². The van der Waals surface area contributed by atoms with Gasteiger partial charge in [0.2, 0.25) is 0 Å². The van der Waals surface area contributed by atoms with Crippen LogP contribution in [0.1, 0.15) is 24.3 Å². The molecule has 0 aliphatic heterocycles. The van der Waals surface area contributed by atoms with Crippen molar-refractivity contribution in [1.29, 1.82) is 0 Å². The van der Waals surface area contributed by atoms with Gasteiger partial charge in [0.1, 0.15) is 29.3 Å². The van der Waals surface area contributed by atoms with Gasteiger partial charge in [0.25, 0.3) is 0 Å². The predicted octanol–water partition coefficient (Wildman–Crippen LogP) is 1.98. The molecule has 0 aromatic heterocycles. The fourth-order valence-corrected chi connectivity index (χ4v) is 3.80. The van der Waals surface area contributed by atoms with E-state index >= 15 is 0 Å². The van der Waals surface area contributed by atoms with E-state index in [1.54, 1.807) is 7.11 Å². The molecule has 0 amide bonds. The predicted molar refractivity (Wildman–Crippen MR) is 80.6 cm³/mol. The zero-order valence-corrected chi connectivity index (χ0v) is 12.5. The molecule has 114 valence electrons. The Hall–Kier alpha value is -2.12. The van der Waals surface area contributed by atoms with Gasteiger partial charge in [0.05, 0.1) is 13.7 Å². The number of benzene rings is 1. The fraction of sp³-hybridized carbons (Fsp3) is 0.444.